The third-order valence-electron chi connectivity index (χ3n) is 1.82. The molecule has 1 amide bonds. The molecule has 0 unspecified atom stereocenters. The molecule has 0 radical (unpaired) electrons. The zero-order valence-corrected chi connectivity index (χ0v) is 9.11. The molecule has 0 aromatic heterocycles. The predicted molar refractivity (Wildman–Crippen MR) is 59.6 cm³/mol. The molecule has 0 heterocycles. The summed E-state index contributed by atoms with van der Waals surface area (Å²) in [5, 5.41) is 2.39. The predicted octanol–water partition coefficient (Wildman–Crippen LogP) is 1.26. The maximum absolute atomic E-state index is 13.1. The highest BCUT2D eigenvalue weighted by molar-refractivity contribution is 7.80. The van der Waals surface area contributed by atoms with Crippen LogP contribution in [-0.4, -0.2) is 10.9 Å². The number of rotatable bonds is 4. The van der Waals surface area contributed by atoms with Gasteiger partial charge in [-0.3, -0.25) is 4.79 Å². The SMILES string of the molecule is NC(=S)CC(=O)NCc1cc(F)ccc1F. The lowest BCUT2D eigenvalue weighted by molar-refractivity contribution is -0.120. The minimum absolute atomic E-state index is 0.0530. The van der Waals surface area contributed by atoms with Gasteiger partial charge in [0, 0.05) is 12.1 Å². The molecule has 0 saturated carbocycles. The molecule has 16 heavy (non-hydrogen) atoms. The second kappa shape index (κ2) is 5.50. The first kappa shape index (κ1) is 12.5. The summed E-state index contributed by atoms with van der Waals surface area (Å²) in [6.07, 6.45) is -0.105. The Morgan fingerprint density at radius 3 is 2.75 bits per heavy atom. The van der Waals surface area contributed by atoms with Crippen LogP contribution >= 0.6 is 12.2 Å². The van der Waals surface area contributed by atoms with Crippen LogP contribution in [-0.2, 0) is 11.3 Å². The molecule has 3 nitrogen and oxygen atoms in total. The molecule has 0 aliphatic rings. The van der Waals surface area contributed by atoms with Gasteiger partial charge in [-0.15, -0.1) is 0 Å². The number of hydrogen-bond acceptors (Lipinski definition) is 2. The quantitative estimate of drug-likeness (QED) is 0.784. The molecule has 0 spiro atoms. The largest absolute Gasteiger partial charge is 0.393 e. The molecule has 0 saturated heterocycles. The van der Waals surface area contributed by atoms with E-state index in [1.54, 1.807) is 0 Å². The molecule has 3 N–H and O–H groups in total. The molecule has 0 aliphatic carbocycles. The second-order valence-corrected chi connectivity index (χ2v) is 3.68. The standard InChI is InChI=1S/C10H10F2N2OS/c11-7-1-2-8(12)6(3-7)5-14-10(15)4-9(13)16/h1-3H,4-5H2,(H2,13,16)(H,14,15). The van der Waals surface area contributed by atoms with Gasteiger partial charge in [0.25, 0.3) is 0 Å². The number of carbonyl (C=O) groups excluding carboxylic acids is 1. The maximum atomic E-state index is 13.1. The van der Waals surface area contributed by atoms with Crippen molar-refractivity contribution < 1.29 is 13.6 Å². The van der Waals surface area contributed by atoms with Crippen LogP contribution in [0.2, 0.25) is 0 Å². The fourth-order valence-corrected chi connectivity index (χ4v) is 1.22. The Morgan fingerprint density at radius 1 is 1.44 bits per heavy atom. The van der Waals surface area contributed by atoms with E-state index in [1.165, 1.54) is 0 Å². The number of thiocarbonyl (C=S) groups is 1. The van der Waals surface area contributed by atoms with E-state index >= 15 is 0 Å². The zero-order chi connectivity index (χ0) is 12.1. The Hall–Kier alpha value is -1.56. The summed E-state index contributed by atoms with van der Waals surface area (Å²) in [7, 11) is 0. The normalized spacial score (nSPS) is 9.88. The van der Waals surface area contributed by atoms with Crippen LogP contribution < -0.4 is 11.1 Å². The van der Waals surface area contributed by atoms with Crippen LogP contribution in [0.5, 0.6) is 0 Å². The van der Waals surface area contributed by atoms with Crippen LogP contribution in [0.25, 0.3) is 0 Å². The fourth-order valence-electron chi connectivity index (χ4n) is 1.09. The van der Waals surface area contributed by atoms with Crippen molar-refractivity contribution >= 4 is 23.1 Å². The van der Waals surface area contributed by atoms with E-state index in [-0.39, 0.29) is 23.5 Å². The first-order valence-corrected chi connectivity index (χ1v) is 4.89. The number of nitrogens with one attached hydrogen (secondary N) is 1. The highest BCUT2D eigenvalue weighted by Crippen LogP contribution is 2.09. The maximum Gasteiger partial charge on any atom is 0.227 e. The van der Waals surface area contributed by atoms with Crippen molar-refractivity contribution in [3.8, 4) is 0 Å². The highest BCUT2D eigenvalue weighted by Gasteiger charge is 2.06. The molecule has 6 heteroatoms. The van der Waals surface area contributed by atoms with E-state index < -0.39 is 17.5 Å². The Labute approximate surface area is 96.6 Å². The lowest BCUT2D eigenvalue weighted by Crippen LogP contribution is -2.27. The summed E-state index contributed by atoms with van der Waals surface area (Å²) in [6, 6.07) is 3.04. The average Bonchev–Trinajstić information content (AvgIpc) is 2.18. The summed E-state index contributed by atoms with van der Waals surface area (Å²) >= 11 is 4.53. The van der Waals surface area contributed by atoms with Crippen molar-refractivity contribution in [2.24, 2.45) is 5.73 Å². The third-order valence-corrected chi connectivity index (χ3v) is 1.96. The molecule has 0 bridgehead atoms. The van der Waals surface area contributed by atoms with Gasteiger partial charge in [-0.25, -0.2) is 8.78 Å². The fraction of sp³-hybridized carbons (Fsp3) is 0.200. The summed E-state index contributed by atoms with van der Waals surface area (Å²) < 4.78 is 25.9. The van der Waals surface area contributed by atoms with Gasteiger partial charge in [0.15, 0.2) is 0 Å². The van der Waals surface area contributed by atoms with Crippen molar-refractivity contribution in [3.05, 3.63) is 35.4 Å². The lowest BCUT2D eigenvalue weighted by atomic mass is 10.2. The van der Waals surface area contributed by atoms with Gasteiger partial charge in [-0.2, -0.15) is 0 Å². The number of carbonyl (C=O) groups is 1. The zero-order valence-electron chi connectivity index (χ0n) is 8.30. The monoisotopic (exact) mass is 244 g/mol. The molecule has 0 aliphatic heterocycles. The molecule has 0 atom stereocenters. The number of amides is 1. The summed E-state index contributed by atoms with van der Waals surface area (Å²) in [5.41, 5.74) is 5.23. The molecule has 1 aromatic rings. The summed E-state index contributed by atoms with van der Waals surface area (Å²) in [4.78, 5) is 11.2. The van der Waals surface area contributed by atoms with Crippen molar-refractivity contribution in [1.29, 1.82) is 0 Å². The summed E-state index contributed by atoms with van der Waals surface area (Å²) in [6.45, 7) is -0.0922. The van der Waals surface area contributed by atoms with E-state index in [4.69, 9.17) is 5.73 Å². The van der Waals surface area contributed by atoms with E-state index in [0.29, 0.717) is 0 Å². The van der Waals surface area contributed by atoms with Crippen LogP contribution in [0.15, 0.2) is 18.2 Å². The van der Waals surface area contributed by atoms with Crippen LogP contribution in [0.4, 0.5) is 8.78 Å². The van der Waals surface area contributed by atoms with Crippen LogP contribution in [0.1, 0.15) is 12.0 Å². The topological polar surface area (TPSA) is 55.1 Å². The van der Waals surface area contributed by atoms with Gasteiger partial charge in [0.2, 0.25) is 5.91 Å². The number of benzene rings is 1. The van der Waals surface area contributed by atoms with Gasteiger partial charge in [0.1, 0.15) is 11.6 Å². The van der Waals surface area contributed by atoms with Crippen molar-refractivity contribution in [1.82, 2.24) is 5.32 Å². The highest BCUT2D eigenvalue weighted by atomic mass is 32.1. The lowest BCUT2D eigenvalue weighted by Gasteiger charge is -2.05. The van der Waals surface area contributed by atoms with Crippen molar-refractivity contribution in [3.63, 3.8) is 0 Å². The van der Waals surface area contributed by atoms with Gasteiger partial charge in [-0.1, -0.05) is 12.2 Å². The molecule has 86 valence electrons. The van der Waals surface area contributed by atoms with Crippen LogP contribution in [0, 0.1) is 11.6 Å². The molecular formula is C10H10F2N2OS. The molecule has 1 aromatic carbocycles. The minimum atomic E-state index is -0.572. The number of halogens is 2. The van der Waals surface area contributed by atoms with E-state index in [0.717, 1.165) is 18.2 Å². The van der Waals surface area contributed by atoms with E-state index in [2.05, 4.69) is 17.5 Å². The summed E-state index contributed by atoms with van der Waals surface area (Å²) in [5.74, 6) is -1.55. The Kier molecular flexibility index (Phi) is 4.30. The van der Waals surface area contributed by atoms with Crippen molar-refractivity contribution in [2.45, 2.75) is 13.0 Å². The van der Waals surface area contributed by atoms with Gasteiger partial charge >= 0.3 is 0 Å². The van der Waals surface area contributed by atoms with E-state index in [1.807, 2.05) is 0 Å². The first-order valence-electron chi connectivity index (χ1n) is 4.48. The minimum Gasteiger partial charge on any atom is -0.393 e. The molecule has 1 rings (SSSR count). The number of hydrogen-bond donors (Lipinski definition) is 2. The second-order valence-electron chi connectivity index (χ2n) is 3.16. The smallest absolute Gasteiger partial charge is 0.227 e. The number of nitrogens with two attached hydrogens (primary N) is 1. The Bertz CT molecular complexity index is 423. The van der Waals surface area contributed by atoms with E-state index in [9.17, 15) is 13.6 Å². The molecule has 0 fully saturated rings. The van der Waals surface area contributed by atoms with Gasteiger partial charge in [0.05, 0.1) is 11.4 Å². The average molecular weight is 244 g/mol. The molecular weight excluding hydrogens is 234 g/mol. The van der Waals surface area contributed by atoms with Gasteiger partial charge in [-0.05, 0) is 18.2 Å². The van der Waals surface area contributed by atoms with Crippen LogP contribution in [0.3, 0.4) is 0 Å². The Morgan fingerprint density at radius 2 is 2.12 bits per heavy atom. The van der Waals surface area contributed by atoms with Crippen molar-refractivity contribution in [2.75, 3.05) is 0 Å². The Balaban J connectivity index is 2.57. The first-order chi connectivity index (χ1) is 7.49. The third kappa shape index (κ3) is 3.90. The van der Waals surface area contributed by atoms with Gasteiger partial charge < -0.3 is 11.1 Å².